The van der Waals surface area contributed by atoms with Gasteiger partial charge in [0.25, 0.3) is 5.91 Å². The number of pyridine rings is 1. The van der Waals surface area contributed by atoms with E-state index in [0.717, 1.165) is 10.6 Å². The normalized spacial score (nSPS) is 10.3. The zero-order valence-electron chi connectivity index (χ0n) is 11.4. The summed E-state index contributed by atoms with van der Waals surface area (Å²) >= 11 is 1.26. The highest BCUT2D eigenvalue weighted by molar-refractivity contribution is 7.16. The van der Waals surface area contributed by atoms with Gasteiger partial charge in [-0.2, -0.15) is 0 Å². The SMILES string of the molecule is Cc1ccc(C(=O)Nc2sc(C)c(C)c2C(=O)O)cn1. The van der Waals surface area contributed by atoms with E-state index in [1.807, 2.05) is 13.8 Å². The molecule has 0 atom stereocenters. The zero-order chi connectivity index (χ0) is 14.9. The van der Waals surface area contributed by atoms with Crippen molar-refractivity contribution in [2.75, 3.05) is 5.32 Å². The van der Waals surface area contributed by atoms with E-state index in [2.05, 4.69) is 10.3 Å². The minimum Gasteiger partial charge on any atom is -0.478 e. The summed E-state index contributed by atoms with van der Waals surface area (Å²) in [5.41, 5.74) is 2.05. The number of hydrogen-bond donors (Lipinski definition) is 2. The van der Waals surface area contributed by atoms with Crippen molar-refractivity contribution < 1.29 is 14.7 Å². The van der Waals surface area contributed by atoms with Gasteiger partial charge in [0.1, 0.15) is 5.00 Å². The van der Waals surface area contributed by atoms with Crippen molar-refractivity contribution in [3.63, 3.8) is 0 Å². The molecule has 20 heavy (non-hydrogen) atoms. The summed E-state index contributed by atoms with van der Waals surface area (Å²) in [5.74, 6) is -1.40. The zero-order valence-corrected chi connectivity index (χ0v) is 12.2. The van der Waals surface area contributed by atoms with Gasteiger partial charge in [0, 0.05) is 16.8 Å². The van der Waals surface area contributed by atoms with Crippen molar-refractivity contribution in [3.8, 4) is 0 Å². The molecule has 2 N–H and O–H groups in total. The summed E-state index contributed by atoms with van der Waals surface area (Å²) in [5, 5.41) is 12.2. The molecular weight excluding hydrogens is 276 g/mol. The lowest BCUT2D eigenvalue weighted by Gasteiger charge is -2.04. The molecule has 104 valence electrons. The number of rotatable bonds is 3. The van der Waals surface area contributed by atoms with Gasteiger partial charge in [-0.05, 0) is 38.5 Å². The predicted molar refractivity (Wildman–Crippen MR) is 77.7 cm³/mol. The van der Waals surface area contributed by atoms with E-state index in [4.69, 9.17) is 0 Å². The van der Waals surface area contributed by atoms with Gasteiger partial charge in [-0.15, -0.1) is 11.3 Å². The number of aromatic carboxylic acids is 1. The van der Waals surface area contributed by atoms with Crippen LogP contribution in [0, 0.1) is 20.8 Å². The largest absolute Gasteiger partial charge is 0.478 e. The molecule has 6 heteroatoms. The average Bonchev–Trinajstić information content (AvgIpc) is 2.65. The van der Waals surface area contributed by atoms with Gasteiger partial charge in [-0.1, -0.05) is 0 Å². The molecule has 0 aliphatic carbocycles. The Kier molecular flexibility index (Phi) is 3.85. The van der Waals surface area contributed by atoms with Crippen molar-refractivity contribution >= 4 is 28.2 Å². The second-order valence-electron chi connectivity index (χ2n) is 4.43. The minimum atomic E-state index is -1.04. The lowest BCUT2D eigenvalue weighted by atomic mass is 10.1. The number of carbonyl (C=O) groups is 2. The van der Waals surface area contributed by atoms with Gasteiger partial charge >= 0.3 is 5.97 Å². The Bertz CT molecular complexity index is 674. The molecule has 0 saturated carbocycles. The van der Waals surface area contributed by atoms with Crippen LogP contribution in [0.1, 0.15) is 36.9 Å². The number of thiophene rings is 1. The molecule has 1 amide bonds. The molecule has 2 aromatic rings. The number of aryl methyl sites for hydroxylation is 2. The highest BCUT2D eigenvalue weighted by Crippen LogP contribution is 2.32. The van der Waals surface area contributed by atoms with Crippen LogP contribution in [0.4, 0.5) is 5.00 Å². The number of carboxylic acids is 1. The summed E-state index contributed by atoms with van der Waals surface area (Å²) in [6.07, 6.45) is 1.47. The maximum absolute atomic E-state index is 12.1. The van der Waals surface area contributed by atoms with Crippen LogP contribution in [0.5, 0.6) is 0 Å². The standard InChI is InChI=1S/C14H14N2O3S/c1-7-4-5-10(6-15-7)12(17)16-13-11(14(18)19)8(2)9(3)20-13/h4-6H,1-3H3,(H,16,17)(H,18,19). The first kappa shape index (κ1) is 14.2. The molecule has 0 saturated heterocycles. The molecular formula is C14H14N2O3S. The molecule has 5 nitrogen and oxygen atoms in total. The molecule has 0 bridgehead atoms. The molecule has 0 aliphatic heterocycles. The summed E-state index contributed by atoms with van der Waals surface area (Å²) in [6.45, 7) is 5.39. The number of carboxylic acid groups (broad SMARTS) is 1. The fourth-order valence-electron chi connectivity index (χ4n) is 1.75. The van der Waals surface area contributed by atoms with E-state index in [0.29, 0.717) is 16.1 Å². The van der Waals surface area contributed by atoms with Crippen molar-refractivity contribution in [2.45, 2.75) is 20.8 Å². The highest BCUT2D eigenvalue weighted by atomic mass is 32.1. The molecule has 0 spiro atoms. The van der Waals surface area contributed by atoms with Crippen LogP contribution in [-0.2, 0) is 0 Å². The average molecular weight is 290 g/mol. The van der Waals surface area contributed by atoms with Gasteiger partial charge in [0.2, 0.25) is 0 Å². The maximum Gasteiger partial charge on any atom is 0.338 e. The smallest absolute Gasteiger partial charge is 0.338 e. The third kappa shape index (κ3) is 2.70. The van der Waals surface area contributed by atoms with E-state index in [1.54, 1.807) is 19.1 Å². The number of hydrogen-bond acceptors (Lipinski definition) is 4. The van der Waals surface area contributed by atoms with Crippen LogP contribution in [0.25, 0.3) is 0 Å². The van der Waals surface area contributed by atoms with Crippen LogP contribution in [0.2, 0.25) is 0 Å². The van der Waals surface area contributed by atoms with E-state index in [-0.39, 0.29) is 11.5 Å². The molecule has 2 aromatic heterocycles. The van der Waals surface area contributed by atoms with Crippen LogP contribution in [-0.4, -0.2) is 22.0 Å². The number of nitrogens with one attached hydrogen (secondary N) is 1. The van der Waals surface area contributed by atoms with Crippen LogP contribution in [0.15, 0.2) is 18.3 Å². The molecule has 0 radical (unpaired) electrons. The minimum absolute atomic E-state index is 0.154. The molecule has 0 aromatic carbocycles. The fraction of sp³-hybridized carbons (Fsp3) is 0.214. The first-order valence-electron chi connectivity index (χ1n) is 5.97. The lowest BCUT2D eigenvalue weighted by Crippen LogP contribution is -2.13. The number of carbonyl (C=O) groups excluding carboxylic acids is 1. The van der Waals surface area contributed by atoms with Gasteiger partial charge in [0.05, 0.1) is 11.1 Å². The Labute approximate surface area is 120 Å². The van der Waals surface area contributed by atoms with Crippen molar-refractivity contribution in [1.82, 2.24) is 4.98 Å². The lowest BCUT2D eigenvalue weighted by molar-refractivity contribution is 0.0697. The van der Waals surface area contributed by atoms with Crippen LogP contribution in [0.3, 0.4) is 0 Å². The number of nitrogens with zero attached hydrogens (tertiary/aromatic N) is 1. The Balaban J connectivity index is 2.30. The van der Waals surface area contributed by atoms with E-state index in [9.17, 15) is 14.7 Å². The third-order valence-corrected chi connectivity index (χ3v) is 4.12. The van der Waals surface area contributed by atoms with Crippen LogP contribution < -0.4 is 5.32 Å². The summed E-state index contributed by atoms with van der Waals surface area (Å²) < 4.78 is 0. The van der Waals surface area contributed by atoms with Crippen LogP contribution >= 0.6 is 11.3 Å². The topological polar surface area (TPSA) is 79.3 Å². The fourth-order valence-corrected chi connectivity index (χ4v) is 2.80. The summed E-state index contributed by atoms with van der Waals surface area (Å²) in [6, 6.07) is 3.39. The van der Waals surface area contributed by atoms with Gasteiger partial charge in [-0.3, -0.25) is 9.78 Å². The number of aromatic nitrogens is 1. The highest BCUT2D eigenvalue weighted by Gasteiger charge is 2.20. The number of anilines is 1. The van der Waals surface area contributed by atoms with Gasteiger partial charge < -0.3 is 10.4 Å². The Morgan fingerprint density at radius 2 is 1.95 bits per heavy atom. The molecule has 0 unspecified atom stereocenters. The molecule has 0 aliphatic rings. The van der Waals surface area contributed by atoms with Crippen molar-refractivity contribution in [1.29, 1.82) is 0 Å². The first-order valence-corrected chi connectivity index (χ1v) is 6.79. The predicted octanol–water partition coefficient (Wildman–Crippen LogP) is 3.02. The molecule has 0 fully saturated rings. The Hall–Kier alpha value is -2.21. The first-order chi connectivity index (χ1) is 9.40. The maximum atomic E-state index is 12.1. The van der Waals surface area contributed by atoms with Crippen molar-refractivity contribution in [2.24, 2.45) is 0 Å². The monoisotopic (exact) mass is 290 g/mol. The molecule has 2 heterocycles. The van der Waals surface area contributed by atoms with E-state index < -0.39 is 5.97 Å². The summed E-state index contributed by atoms with van der Waals surface area (Å²) in [4.78, 5) is 28.3. The third-order valence-electron chi connectivity index (χ3n) is 3.00. The Morgan fingerprint density at radius 3 is 2.50 bits per heavy atom. The molecule has 2 rings (SSSR count). The Morgan fingerprint density at radius 1 is 1.25 bits per heavy atom. The number of amides is 1. The van der Waals surface area contributed by atoms with E-state index >= 15 is 0 Å². The second-order valence-corrected chi connectivity index (χ2v) is 5.66. The van der Waals surface area contributed by atoms with E-state index in [1.165, 1.54) is 17.5 Å². The second kappa shape index (κ2) is 5.42. The summed E-state index contributed by atoms with van der Waals surface area (Å²) in [7, 11) is 0. The van der Waals surface area contributed by atoms with Gasteiger partial charge in [0.15, 0.2) is 0 Å². The van der Waals surface area contributed by atoms with Gasteiger partial charge in [-0.25, -0.2) is 4.79 Å². The quantitative estimate of drug-likeness (QED) is 0.910. The van der Waals surface area contributed by atoms with Crippen molar-refractivity contribution in [3.05, 3.63) is 45.6 Å².